The van der Waals surface area contributed by atoms with E-state index < -0.39 is 11.3 Å². The van der Waals surface area contributed by atoms with Crippen molar-refractivity contribution in [1.29, 1.82) is 5.26 Å². The number of rotatable bonds is 6. The van der Waals surface area contributed by atoms with E-state index in [9.17, 15) is 19.6 Å². The van der Waals surface area contributed by atoms with Gasteiger partial charge in [0, 0.05) is 30.9 Å². The minimum Gasteiger partial charge on any atom is -0.497 e. The van der Waals surface area contributed by atoms with Gasteiger partial charge in [-0.05, 0) is 68.4 Å². The molecule has 2 aromatic rings. The molecule has 11 heteroatoms. The highest BCUT2D eigenvalue weighted by atomic mass is 32.2. The molecule has 206 valence electrons. The van der Waals surface area contributed by atoms with Gasteiger partial charge in [0.1, 0.15) is 27.7 Å². The number of methoxy groups -OCH3 is 1. The van der Waals surface area contributed by atoms with E-state index in [4.69, 9.17) is 4.74 Å². The van der Waals surface area contributed by atoms with E-state index in [-0.39, 0.29) is 29.5 Å². The first-order chi connectivity index (χ1) is 19.4. The minimum atomic E-state index is -0.595. The number of hydrogen-bond acceptors (Lipinski definition) is 7. The maximum Gasteiger partial charge on any atom is 0.327 e. The maximum atomic E-state index is 13.6. The quantitative estimate of drug-likeness (QED) is 0.408. The number of ether oxygens (including phenoxy) is 1. The number of urea groups is 1. The Morgan fingerprint density at radius 2 is 2.08 bits per heavy atom. The van der Waals surface area contributed by atoms with Crippen LogP contribution in [-0.2, 0) is 9.59 Å². The summed E-state index contributed by atoms with van der Waals surface area (Å²) in [6.45, 7) is 2.83. The monoisotopic (exact) mass is 558 g/mol. The van der Waals surface area contributed by atoms with Gasteiger partial charge in [-0.3, -0.25) is 14.5 Å². The van der Waals surface area contributed by atoms with Gasteiger partial charge in [-0.2, -0.15) is 5.26 Å². The molecule has 3 atom stereocenters. The van der Waals surface area contributed by atoms with Crippen LogP contribution < -0.4 is 20.3 Å². The Kier molecular flexibility index (Phi) is 6.88. The zero-order chi connectivity index (χ0) is 28.0. The molecule has 0 spiro atoms. The Hall–Kier alpha value is -4.04. The van der Waals surface area contributed by atoms with Gasteiger partial charge in [0.15, 0.2) is 0 Å². The van der Waals surface area contributed by atoms with E-state index in [1.54, 1.807) is 29.2 Å². The zero-order valence-corrected chi connectivity index (χ0v) is 23.2. The molecule has 1 saturated heterocycles. The average Bonchev–Trinajstić information content (AvgIpc) is 3.71. The predicted molar refractivity (Wildman–Crippen MR) is 149 cm³/mol. The summed E-state index contributed by atoms with van der Waals surface area (Å²) in [5.74, 6) is 0.559. The summed E-state index contributed by atoms with van der Waals surface area (Å²) in [6, 6.07) is 8.32. The average molecular weight is 559 g/mol. The lowest BCUT2D eigenvalue weighted by molar-refractivity contribution is -0.129. The van der Waals surface area contributed by atoms with E-state index in [2.05, 4.69) is 21.7 Å². The smallest absolute Gasteiger partial charge is 0.327 e. The largest absolute Gasteiger partial charge is 0.497 e. The first kappa shape index (κ1) is 26.2. The molecule has 4 heterocycles. The van der Waals surface area contributed by atoms with Crippen molar-refractivity contribution in [3.8, 4) is 11.8 Å². The molecule has 2 fully saturated rings. The number of nitrogens with one attached hydrogen (secondary N) is 2. The fourth-order valence-corrected chi connectivity index (χ4v) is 6.89. The van der Waals surface area contributed by atoms with Crippen molar-refractivity contribution in [2.45, 2.75) is 55.0 Å². The van der Waals surface area contributed by atoms with E-state index in [0.29, 0.717) is 35.5 Å². The molecule has 1 aromatic heterocycles. The van der Waals surface area contributed by atoms with Crippen LogP contribution in [0.15, 0.2) is 47.1 Å². The number of allylic oxidation sites excluding steroid dienone is 1. The van der Waals surface area contributed by atoms with Crippen LogP contribution in [0.5, 0.6) is 5.75 Å². The molecular formula is C29H30N6O4S. The number of hydrogen-bond donors (Lipinski definition) is 2. The summed E-state index contributed by atoms with van der Waals surface area (Å²) >= 11 is 1.34. The van der Waals surface area contributed by atoms with Gasteiger partial charge in [0.2, 0.25) is 5.91 Å². The molecule has 3 aliphatic heterocycles. The maximum absolute atomic E-state index is 13.6. The van der Waals surface area contributed by atoms with Crippen LogP contribution in [0.1, 0.15) is 42.9 Å². The predicted octanol–water partition coefficient (Wildman–Crippen LogP) is 3.74. The van der Waals surface area contributed by atoms with Crippen molar-refractivity contribution < 1.29 is 19.1 Å². The second-order valence-electron chi connectivity index (χ2n) is 10.6. The van der Waals surface area contributed by atoms with Crippen molar-refractivity contribution >= 4 is 41.0 Å². The number of benzene rings is 1. The topological polar surface area (TPSA) is 128 Å². The van der Waals surface area contributed by atoms with Crippen LogP contribution in [0.25, 0.3) is 0 Å². The lowest BCUT2D eigenvalue weighted by Gasteiger charge is -2.36. The van der Waals surface area contributed by atoms with Gasteiger partial charge < -0.3 is 20.3 Å². The van der Waals surface area contributed by atoms with Crippen LogP contribution in [-0.4, -0.2) is 59.2 Å². The number of nitriles is 1. The summed E-state index contributed by atoms with van der Waals surface area (Å²) < 4.78 is 5.32. The summed E-state index contributed by atoms with van der Waals surface area (Å²) in [7, 11) is 1.60. The number of piperidine rings is 1. The number of carbonyl (C=O) groups excluding carboxylic acids is 3. The van der Waals surface area contributed by atoms with Crippen molar-refractivity contribution in [3.05, 3.63) is 53.2 Å². The molecule has 1 saturated carbocycles. The molecule has 1 aliphatic carbocycles. The Labute approximate surface area is 236 Å². The first-order valence-electron chi connectivity index (χ1n) is 13.5. The van der Waals surface area contributed by atoms with Crippen LogP contribution in [0.3, 0.4) is 0 Å². The van der Waals surface area contributed by atoms with Crippen molar-refractivity contribution in [2.24, 2.45) is 5.92 Å². The summed E-state index contributed by atoms with van der Waals surface area (Å²) in [5, 5.41) is 15.8. The minimum absolute atomic E-state index is 0.191. The Balaban J connectivity index is 1.19. The fourth-order valence-electron chi connectivity index (χ4n) is 5.66. The molecule has 4 amide bonds. The number of amides is 4. The Morgan fingerprint density at radius 1 is 1.25 bits per heavy atom. The van der Waals surface area contributed by atoms with E-state index in [0.717, 1.165) is 42.5 Å². The second-order valence-corrected chi connectivity index (χ2v) is 11.8. The summed E-state index contributed by atoms with van der Waals surface area (Å²) in [4.78, 5) is 47.8. The molecule has 10 nitrogen and oxygen atoms in total. The standard InChI is InChI=1S/C29H30N6O4S/c1-16-12-20(39-2)7-8-21(16)35-22-9-10-31-27-23(22)24(33-29(35)38)25(40-27)26(36)32-19-4-3-11-34(15-19)28(37)18(14-30)13-17-5-6-17/h7-10,12-13,17,19,24-25H,3-6,11,15H2,1-2H3,(H,32,36)(H,33,38)/b18-13+. The Bertz CT molecular complexity index is 1460. The van der Waals surface area contributed by atoms with Gasteiger partial charge in [-0.15, -0.1) is 0 Å². The van der Waals surface area contributed by atoms with Gasteiger partial charge in [-0.25, -0.2) is 9.78 Å². The van der Waals surface area contributed by atoms with Crippen molar-refractivity contribution in [1.82, 2.24) is 20.5 Å². The molecule has 3 unspecified atom stereocenters. The number of nitrogens with zero attached hydrogens (tertiary/aromatic N) is 4. The SMILES string of the molecule is COc1ccc(N2C(=O)NC3c4c2ccnc4SC3C(=O)NC2CCCN(C(=O)/C(C#N)=C/C3CC3)C2)c(C)c1. The van der Waals surface area contributed by atoms with E-state index in [1.807, 2.05) is 31.2 Å². The molecule has 0 radical (unpaired) electrons. The first-order valence-corrected chi connectivity index (χ1v) is 14.4. The second kappa shape index (κ2) is 10.5. The van der Waals surface area contributed by atoms with Crippen LogP contribution >= 0.6 is 11.8 Å². The summed E-state index contributed by atoms with van der Waals surface area (Å²) in [6.07, 6.45) is 6.95. The lowest BCUT2D eigenvalue weighted by atomic mass is 9.98. The molecule has 2 N–H and O–H groups in total. The third kappa shape index (κ3) is 4.77. The molecule has 4 aliphatic rings. The summed E-state index contributed by atoms with van der Waals surface area (Å²) in [5.41, 5.74) is 3.32. The van der Waals surface area contributed by atoms with Crippen molar-refractivity contribution in [3.63, 3.8) is 0 Å². The molecule has 6 rings (SSSR count). The number of likely N-dealkylation sites (tertiary alicyclic amines) is 1. The number of aromatic nitrogens is 1. The highest BCUT2D eigenvalue weighted by molar-refractivity contribution is 8.01. The van der Waals surface area contributed by atoms with Gasteiger partial charge in [0.05, 0.1) is 24.5 Å². The van der Waals surface area contributed by atoms with Crippen LogP contribution in [0.2, 0.25) is 0 Å². The third-order valence-corrected chi connectivity index (χ3v) is 9.13. The van der Waals surface area contributed by atoms with Crippen LogP contribution in [0, 0.1) is 24.2 Å². The van der Waals surface area contributed by atoms with Gasteiger partial charge in [-0.1, -0.05) is 17.8 Å². The zero-order valence-electron chi connectivity index (χ0n) is 22.3. The number of anilines is 2. The number of aryl methyl sites for hydroxylation is 1. The highest BCUT2D eigenvalue weighted by Gasteiger charge is 2.47. The number of pyridine rings is 1. The van der Waals surface area contributed by atoms with Crippen molar-refractivity contribution in [2.75, 3.05) is 25.1 Å². The molecule has 1 aromatic carbocycles. The van der Waals surface area contributed by atoms with E-state index in [1.165, 1.54) is 11.8 Å². The highest BCUT2D eigenvalue weighted by Crippen LogP contribution is 2.51. The Morgan fingerprint density at radius 3 is 2.80 bits per heavy atom. The van der Waals surface area contributed by atoms with Crippen LogP contribution in [0.4, 0.5) is 16.2 Å². The normalized spacial score (nSPS) is 23.7. The van der Waals surface area contributed by atoms with E-state index >= 15 is 0 Å². The molecular weight excluding hydrogens is 528 g/mol. The fraction of sp³-hybridized carbons (Fsp3) is 0.414. The molecule has 40 heavy (non-hydrogen) atoms. The molecule has 0 bridgehead atoms. The van der Waals surface area contributed by atoms with Gasteiger partial charge in [0.25, 0.3) is 5.91 Å². The number of carbonyl (C=O) groups is 3. The van der Waals surface area contributed by atoms with Gasteiger partial charge >= 0.3 is 6.03 Å². The lowest BCUT2D eigenvalue weighted by Crippen LogP contribution is -2.54. The number of thioether (sulfide) groups is 1. The third-order valence-electron chi connectivity index (χ3n) is 7.84.